The largest absolute Gasteiger partial charge is 0.496 e. The van der Waals surface area contributed by atoms with Gasteiger partial charge in [0.05, 0.1) is 23.4 Å². The summed E-state index contributed by atoms with van der Waals surface area (Å²) in [4.78, 5) is 6.97. The van der Waals surface area contributed by atoms with Gasteiger partial charge < -0.3 is 18.9 Å². The van der Waals surface area contributed by atoms with E-state index in [1.54, 1.807) is 0 Å². The molecule has 3 heterocycles. The fourth-order valence-corrected chi connectivity index (χ4v) is 3.19. The molecule has 23 heavy (non-hydrogen) atoms. The van der Waals surface area contributed by atoms with Crippen molar-refractivity contribution in [3.63, 3.8) is 0 Å². The minimum absolute atomic E-state index is 0.115. The number of ether oxygens (including phenoxy) is 1. The predicted octanol–water partition coefficient (Wildman–Crippen LogP) is 1.75. The molecule has 3 fully saturated rings. The first-order valence-electron chi connectivity index (χ1n) is 8.51. The summed E-state index contributed by atoms with van der Waals surface area (Å²) in [5.41, 5.74) is 0.448. The lowest BCUT2D eigenvalue weighted by Crippen LogP contribution is -2.44. The molecule has 0 radical (unpaired) electrons. The molecule has 0 aromatic carbocycles. The second-order valence-corrected chi connectivity index (χ2v) is 7.99. The van der Waals surface area contributed by atoms with Crippen molar-refractivity contribution in [3.8, 4) is 0 Å². The second-order valence-electron chi connectivity index (χ2n) is 7.99. The van der Waals surface area contributed by atoms with Gasteiger partial charge >= 0.3 is 7.12 Å². The molecule has 1 saturated carbocycles. The van der Waals surface area contributed by atoms with E-state index in [0.717, 1.165) is 31.0 Å². The van der Waals surface area contributed by atoms with Gasteiger partial charge in [-0.25, -0.2) is 4.98 Å². The first-order valence-corrected chi connectivity index (χ1v) is 8.51. The molecule has 4 rings (SSSR count). The third-order valence-electron chi connectivity index (χ3n) is 5.68. The van der Waals surface area contributed by atoms with Crippen LogP contribution in [0.25, 0.3) is 0 Å². The highest BCUT2D eigenvalue weighted by atomic mass is 16.7. The van der Waals surface area contributed by atoms with Crippen LogP contribution in [0.2, 0.25) is 0 Å². The predicted molar refractivity (Wildman–Crippen MR) is 90.1 cm³/mol. The van der Waals surface area contributed by atoms with Crippen LogP contribution in [0.3, 0.4) is 0 Å². The van der Waals surface area contributed by atoms with Crippen molar-refractivity contribution in [3.05, 3.63) is 18.3 Å². The SMILES string of the molecule is CC1(C)OB(c2ccc(N3CCOC4(CC4)C3)nc2)OC1(C)C. The van der Waals surface area contributed by atoms with Crippen LogP contribution in [0.1, 0.15) is 40.5 Å². The van der Waals surface area contributed by atoms with Gasteiger partial charge in [-0.2, -0.15) is 0 Å². The number of nitrogens with zero attached hydrogens (tertiary/aromatic N) is 2. The van der Waals surface area contributed by atoms with E-state index in [2.05, 4.69) is 49.7 Å². The summed E-state index contributed by atoms with van der Waals surface area (Å²) < 4.78 is 18.0. The van der Waals surface area contributed by atoms with E-state index in [0.29, 0.717) is 0 Å². The lowest BCUT2D eigenvalue weighted by atomic mass is 9.80. The molecule has 1 spiro atoms. The lowest BCUT2D eigenvalue weighted by molar-refractivity contribution is 0.00578. The van der Waals surface area contributed by atoms with Gasteiger partial charge in [-0.1, -0.05) is 6.07 Å². The van der Waals surface area contributed by atoms with Gasteiger partial charge in [-0.05, 0) is 46.6 Å². The first-order chi connectivity index (χ1) is 10.8. The molecule has 0 unspecified atom stereocenters. The molecule has 2 saturated heterocycles. The van der Waals surface area contributed by atoms with Gasteiger partial charge in [0.1, 0.15) is 5.82 Å². The Morgan fingerprint density at radius 2 is 1.78 bits per heavy atom. The summed E-state index contributed by atoms with van der Waals surface area (Å²) in [5.74, 6) is 1.01. The number of pyridine rings is 1. The van der Waals surface area contributed by atoms with Crippen LogP contribution in [-0.2, 0) is 14.0 Å². The molecular formula is C17H25BN2O3. The van der Waals surface area contributed by atoms with Crippen molar-refractivity contribution in [2.45, 2.75) is 57.3 Å². The Balaban J connectivity index is 1.48. The maximum atomic E-state index is 6.08. The van der Waals surface area contributed by atoms with Crippen LogP contribution in [0.4, 0.5) is 5.82 Å². The Labute approximate surface area is 138 Å². The van der Waals surface area contributed by atoms with Crippen molar-refractivity contribution in [2.75, 3.05) is 24.6 Å². The molecule has 124 valence electrons. The molecule has 5 nitrogen and oxygen atoms in total. The maximum absolute atomic E-state index is 6.08. The standard InChI is InChI=1S/C17H25BN2O3/c1-15(2)16(3,4)23-18(22-15)13-5-6-14(19-11-13)20-9-10-21-17(12-20)7-8-17/h5-6,11H,7-10,12H2,1-4H3. The van der Waals surface area contributed by atoms with Crippen LogP contribution < -0.4 is 10.4 Å². The molecule has 1 aromatic heterocycles. The molecule has 2 aliphatic heterocycles. The average molecular weight is 316 g/mol. The molecule has 1 aliphatic carbocycles. The summed E-state index contributed by atoms with van der Waals surface area (Å²) >= 11 is 0. The van der Waals surface area contributed by atoms with Gasteiger partial charge in [0, 0.05) is 24.7 Å². The van der Waals surface area contributed by atoms with E-state index in [9.17, 15) is 0 Å². The van der Waals surface area contributed by atoms with Crippen LogP contribution in [0.5, 0.6) is 0 Å². The average Bonchev–Trinajstić information content (AvgIpc) is 3.19. The highest BCUT2D eigenvalue weighted by Crippen LogP contribution is 2.42. The zero-order chi connectivity index (χ0) is 16.3. The summed E-state index contributed by atoms with van der Waals surface area (Å²) in [6.07, 6.45) is 4.23. The molecule has 0 amide bonds. The summed E-state index contributed by atoms with van der Waals surface area (Å²) in [6, 6.07) is 4.14. The first kappa shape index (κ1) is 15.4. The minimum Gasteiger partial charge on any atom is -0.399 e. The van der Waals surface area contributed by atoms with Crippen molar-refractivity contribution in [2.24, 2.45) is 0 Å². The lowest BCUT2D eigenvalue weighted by Gasteiger charge is -2.34. The van der Waals surface area contributed by atoms with Crippen molar-refractivity contribution in [1.29, 1.82) is 0 Å². The van der Waals surface area contributed by atoms with Gasteiger partial charge in [-0.15, -0.1) is 0 Å². The van der Waals surface area contributed by atoms with Crippen LogP contribution in [-0.4, -0.2) is 48.6 Å². The fraction of sp³-hybridized carbons (Fsp3) is 0.706. The van der Waals surface area contributed by atoms with Crippen LogP contribution >= 0.6 is 0 Å². The smallest absolute Gasteiger partial charge is 0.399 e. The van der Waals surface area contributed by atoms with E-state index in [1.807, 2.05) is 6.20 Å². The van der Waals surface area contributed by atoms with Crippen LogP contribution in [0.15, 0.2) is 18.3 Å². The van der Waals surface area contributed by atoms with Crippen LogP contribution in [0, 0.1) is 0 Å². The molecule has 0 atom stereocenters. The Hall–Kier alpha value is -1.11. The third kappa shape index (κ3) is 2.67. The molecular weight excluding hydrogens is 291 g/mol. The number of rotatable bonds is 2. The highest BCUT2D eigenvalue weighted by molar-refractivity contribution is 6.62. The number of anilines is 1. The number of aromatic nitrogens is 1. The topological polar surface area (TPSA) is 43.8 Å². The number of hydrogen-bond donors (Lipinski definition) is 0. The molecule has 3 aliphatic rings. The van der Waals surface area contributed by atoms with Crippen molar-refractivity contribution >= 4 is 18.4 Å². The zero-order valence-corrected chi connectivity index (χ0v) is 14.5. The zero-order valence-electron chi connectivity index (χ0n) is 14.5. The monoisotopic (exact) mass is 316 g/mol. The summed E-state index contributed by atoms with van der Waals surface area (Å²) in [5, 5.41) is 0. The quantitative estimate of drug-likeness (QED) is 0.778. The second kappa shape index (κ2) is 4.95. The molecule has 0 N–H and O–H groups in total. The Morgan fingerprint density at radius 3 is 2.35 bits per heavy atom. The van der Waals surface area contributed by atoms with Gasteiger partial charge in [0.15, 0.2) is 0 Å². The van der Waals surface area contributed by atoms with E-state index in [1.165, 1.54) is 12.8 Å². The number of morpholine rings is 1. The number of hydrogen-bond acceptors (Lipinski definition) is 5. The Morgan fingerprint density at radius 1 is 1.09 bits per heavy atom. The minimum atomic E-state index is -0.346. The normalized spacial score (nSPS) is 27.5. The van der Waals surface area contributed by atoms with Gasteiger partial charge in [0.25, 0.3) is 0 Å². The fourth-order valence-electron chi connectivity index (χ4n) is 3.19. The molecule has 6 heteroatoms. The Kier molecular flexibility index (Phi) is 3.32. The van der Waals surface area contributed by atoms with E-state index in [-0.39, 0.29) is 23.9 Å². The third-order valence-corrected chi connectivity index (χ3v) is 5.68. The summed E-state index contributed by atoms with van der Waals surface area (Å²) in [7, 11) is -0.346. The van der Waals surface area contributed by atoms with Gasteiger partial charge in [-0.3, -0.25) is 0 Å². The van der Waals surface area contributed by atoms with E-state index in [4.69, 9.17) is 14.0 Å². The molecule has 0 bridgehead atoms. The van der Waals surface area contributed by atoms with E-state index >= 15 is 0 Å². The Bertz CT molecular complexity index is 582. The maximum Gasteiger partial charge on any atom is 0.496 e. The van der Waals surface area contributed by atoms with Gasteiger partial charge in [0.2, 0.25) is 0 Å². The van der Waals surface area contributed by atoms with Crippen molar-refractivity contribution in [1.82, 2.24) is 4.98 Å². The van der Waals surface area contributed by atoms with E-state index < -0.39 is 0 Å². The highest BCUT2D eigenvalue weighted by Gasteiger charge is 2.52. The van der Waals surface area contributed by atoms with Crippen molar-refractivity contribution < 1.29 is 14.0 Å². The summed E-state index contributed by atoms with van der Waals surface area (Å²) in [6.45, 7) is 10.9. The molecule has 1 aromatic rings.